The van der Waals surface area contributed by atoms with Crippen molar-refractivity contribution in [3.8, 4) is 0 Å². The van der Waals surface area contributed by atoms with Crippen LogP contribution in [0.3, 0.4) is 0 Å². The first-order valence-electron chi connectivity index (χ1n) is 3.36. The molecule has 1 aromatic rings. The Balaban J connectivity index is 3.05. The van der Waals surface area contributed by atoms with Crippen molar-refractivity contribution in [1.82, 2.24) is 4.68 Å². The molecule has 0 aliphatic rings. The standard InChI is InChI=1S/C8H11N3/c1-3-10-11-6-4-5-8(11)7(2)9/h3-6H,2,9H2,1H3/b10-3-. The van der Waals surface area contributed by atoms with E-state index in [9.17, 15) is 0 Å². The minimum atomic E-state index is 0.528. The molecule has 0 aliphatic carbocycles. The molecular formula is C8H11N3. The monoisotopic (exact) mass is 149 g/mol. The van der Waals surface area contributed by atoms with Gasteiger partial charge >= 0.3 is 0 Å². The number of aromatic nitrogens is 1. The molecule has 0 bridgehead atoms. The fourth-order valence-corrected chi connectivity index (χ4v) is 0.852. The minimum absolute atomic E-state index is 0.528. The van der Waals surface area contributed by atoms with E-state index in [-0.39, 0.29) is 0 Å². The molecule has 0 unspecified atom stereocenters. The second kappa shape index (κ2) is 3.05. The van der Waals surface area contributed by atoms with Gasteiger partial charge in [0.2, 0.25) is 0 Å². The predicted molar refractivity (Wildman–Crippen MR) is 47.2 cm³/mol. The third-order valence-electron chi connectivity index (χ3n) is 1.30. The molecular weight excluding hydrogens is 138 g/mol. The highest BCUT2D eigenvalue weighted by molar-refractivity contribution is 5.59. The van der Waals surface area contributed by atoms with Crippen LogP contribution in [-0.4, -0.2) is 10.9 Å². The summed E-state index contributed by atoms with van der Waals surface area (Å²) < 4.78 is 1.68. The molecule has 11 heavy (non-hydrogen) atoms. The molecule has 1 aromatic heterocycles. The molecule has 0 amide bonds. The molecule has 0 atom stereocenters. The minimum Gasteiger partial charge on any atom is -0.397 e. The molecule has 0 aromatic carbocycles. The Kier molecular flexibility index (Phi) is 2.11. The van der Waals surface area contributed by atoms with Gasteiger partial charge in [-0.05, 0) is 19.1 Å². The van der Waals surface area contributed by atoms with E-state index in [0.29, 0.717) is 5.70 Å². The maximum atomic E-state index is 5.50. The maximum absolute atomic E-state index is 5.50. The zero-order valence-electron chi connectivity index (χ0n) is 6.49. The first-order valence-corrected chi connectivity index (χ1v) is 3.36. The summed E-state index contributed by atoms with van der Waals surface area (Å²) in [5.74, 6) is 0. The molecule has 0 aliphatic heterocycles. The summed E-state index contributed by atoms with van der Waals surface area (Å²) in [5.41, 5.74) is 6.86. The van der Waals surface area contributed by atoms with E-state index in [2.05, 4.69) is 11.7 Å². The Morgan fingerprint density at radius 3 is 3.09 bits per heavy atom. The highest BCUT2D eigenvalue weighted by Crippen LogP contribution is 2.07. The molecule has 0 spiro atoms. The van der Waals surface area contributed by atoms with Crippen molar-refractivity contribution in [1.29, 1.82) is 0 Å². The van der Waals surface area contributed by atoms with E-state index >= 15 is 0 Å². The summed E-state index contributed by atoms with van der Waals surface area (Å²) in [4.78, 5) is 0. The van der Waals surface area contributed by atoms with Gasteiger partial charge in [0, 0.05) is 12.4 Å². The van der Waals surface area contributed by atoms with Crippen LogP contribution in [0.1, 0.15) is 12.6 Å². The number of nitrogens with zero attached hydrogens (tertiary/aromatic N) is 2. The van der Waals surface area contributed by atoms with Crippen molar-refractivity contribution in [2.75, 3.05) is 0 Å². The highest BCUT2D eigenvalue weighted by Gasteiger charge is 1.97. The molecule has 2 N–H and O–H groups in total. The summed E-state index contributed by atoms with van der Waals surface area (Å²) in [7, 11) is 0. The lowest BCUT2D eigenvalue weighted by Gasteiger charge is -2.00. The maximum Gasteiger partial charge on any atom is 0.0869 e. The average Bonchev–Trinajstić information content (AvgIpc) is 2.36. The van der Waals surface area contributed by atoms with Crippen LogP contribution in [0.2, 0.25) is 0 Å². The largest absolute Gasteiger partial charge is 0.397 e. The molecule has 1 rings (SSSR count). The van der Waals surface area contributed by atoms with Gasteiger partial charge < -0.3 is 5.73 Å². The van der Waals surface area contributed by atoms with Crippen molar-refractivity contribution in [2.45, 2.75) is 6.92 Å². The van der Waals surface area contributed by atoms with Crippen LogP contribution in [0.25, 0.3) is 5.70 Å². The smallest absolute Gasteiger partial charge is 0.0869 e. The third kappa shape index (κ3) is 1.49. The van der Waals surface area contributed by atoms with E-state index in [0.717, 1.165) is 5.69 Å². The SMILES string of the molecule is C=C(N)c1cccn1/N=C\C. The molecule has 0 saturated heterocycles. The Morgan fingerprint density at radius 2 is 2.55 bits per heavy atom. The summed E-state index contributed by atoms with van der Waals surface area (Å²) in [5, 5.41) is 4.04. The molecule has 3 heteroatoms. The Morgan fingerprint density at radius 1 is 1.82 bits per heavy atom. The predicted octanol–water partition coefficient (Wildman–Crippen LogP) is 1.27. The van der Waals surface area contributed by atoms with Gasteiger partial charge in [-0.15, -0.1) is 0 Å². The van der Waals surface area contributed by atoms with Gasteiger partial charge in [-0.1, -0.05) is 6.58 Å². The highest BCUT2D eigenvalue weighted by atomic mass is 15.3. The fraction of sp³-hybridized carbons (Fsp3) is 0.125. The van der Waals surface area contributed by atoms with Crippen molar-refractivity contribution in [3.05, 3.63) is 30.6 Å². The van der Waals surface area contributed by atoms with Crippen LogP contribution < -0.4 is 5.73 Å². The summed E-state index contributed by atoms with van der Waals surface area (Å²) in [6.45, 7) is 5.47. The summed E-state index contributed by atoms with van der Waals surface area (Å²) in [6.07, 6.45) is 3.53. The van der Waals surface area contributed by atoms with E-state index in [4.69, 9.17) is 5.73 Å². The van der Waals surface area contributed by atoms with Gasteiger partial charge in [0.05, 0.1) is 11.4 Å². The Bertz CT molecular complexity index is 283. The fourth-order valence-electron chi connectivity index (χ4n) is 0.852. The number of rotatable bonds is 2. The van der Waals surface area contributed by atoms with Gasteiger partial charge in [-0.3, -0.25) is 0 Å². The zero-order valence-corrected chi connectivity index (χ0v) is 6.49. The Labute approximate surface area is 65.8 Å². The van der Waals surface area contributed by atoms with Crippen LogP contribution in [0.15, 0.2) is 30.0 Å². The summed E-state index contributed by atoms with van der Waals surface area (Å²) in [6, 6.07) is 3.75. The topological polar surface area (TPSA) is 43.3 Å². The van der Waals surface area contributed by atoms with Gasteiger partial charge in [0.1, 0.15) is 0 Å². The van der Waals surface area contributed by atoms with E-state index in [1.807, 2.05) is 25.3 Å². The summed E-state index contributed by atoms with van der Waals surface area (Å²) >= 11 is 0. The molecule has 0 radical (unpaired) electrons. The van der Waals surface area contributed by atoms with E-state index < -0.39 is 0 Å². The van der Waals surface area contributed by atoms with E-state index in [1.54, 1.807) is 10.9 Å². The Hall–Kier alpha value is -1.51. The van der Waals surface area contributed by atoms with Gasteiger partial charge in [-0.25, -0.2) is 4.68 Å². The normalized spacial score (nSPS) is 10.6. The van der Waals surface area contributed by atoms with Gasteiger partial charge in [-0.2, -0.15) is 5.10 Å². The zero-order chi connectivity index (χ0) is 8.27. The van der Waals surface area contributed by atoms with Crippen LogP contribution in [0.5, 0.6) is 0 Å². The lowest BCUT2D eigenvalue weighted by molar-refractivity contribution is 0.874. The first kappa shape index (κ1) is 7.60. The van der Waals surface area contributed by atoms with Crippen molar-refractivity contribution in [2.24, 2.45) is 10.8 Å². The quantitative estimate of drug-likeness (QED) is 0.632. The van der Waals surface area contributed by atoms with Crippen molar-refractivity contribution in [3.63, 3.8) is 0 Å². The second-order valence-electron chi connectivity index (χ2n) is 2.14. The molecule has 3 nitrogen and oxygen atoms in total. The number of nitrogens with two attached hydrogens (primary N) is 1. The van der Waals surface area contributed by atoms with Crippen molar-refractivity contribution < 1.29 is 0 Å². The lowest BCUT2D eigenvalue weighted by atomic mass is 10.4. The van der Waals surface area contributed by atoms with Gasteiger partial charge in [0.25, 0.3) is 0 Å². The van der Waals surface area contributed by atoms with E-state index in [1.165, 1.54) is 0 Å². The van der Waals surface area contributed by atoms with Crippen LogP contribution in [-0.2, 0) is 0 Å². The molecule has 58 valence electrons. The first-order chi connectivity index (χ1) is 5.25. The van der Waals surface area contributed by atoms with Crippen LogP contribution in [0, 0.1) is 0 Å². The number of hydrogen-bond donors (Lipinski definition) is 1. The average molecular weight is 149 g/mol. The molecule has 0 fully saturated rings. The van der Waals surface area contributed by atoms with Crippen LogP contribution >= 0.6 is 0 Å². The van der Waals surface area contributed by atoms with Crippen LogP contribution in [0.4, 0.5) is 0 Å². The lowest BCUT2D eigenvalue weighted by Crippen LogP contribution is -2.00. The second-order valence-corrected chi connectivity index (χ2v) is 2.14. The molecule has 0 saturated carbocycles. The van der Waals surface area contributed by atoms with Crippen molar-refractivity contribution >= 4 is 11.9 Å². The van der Waals surface area contributed by atoms with Gasteiger partial charge in [0.15, 0.2) is 0 Å². The number of hydrogen-bond acceptors (Lipinski definition) is 2. The third-order valence-corrected chi connectivity index (χ3v) is 1.30. The molecule has 1 heterocycles.